The lowest BCUT2D eigenvalue weighted by molar-refractivity contribution is -0.114. The Balaban J connectivity index is 1.90. The second-order valence-corrected chi connectivity index (χ2v) is 5.33. The van der Waals surface area contributed by atoms with Gasteiger partial charge in [0.15, 0.2) is 0 Å². The Labute approximate surface area is 86.7 Å². The Morgan fingerprint density at radius 2 is 2.14 bits per heavy atom. The molecule has 0 aromatic rings. The molecule has 0 amide bonds. The van der Waals surface area contributed by atoms with Crippen molar-refractivity contribution in [3.8, 4) is 0 Å². The first kappa shape index (κ1) is 10.2. The summed E-state index contributed by atoms with van der Waals surface area (Å²) in [5.41, 5.74) is 0.526. The van der Waals surface area contributed by atoms with Gasteiger partial charge < -0.3 is 4.79 Å². The summed E-state index contributed by atoms with van der Waals surface area (Å²) in [7, 11) is 0. The Morgan fingerprint density at radius 1 is 1.36 bits per heavy atom. The smallest absolute Gasteiger partial charge is 0.137 e. The average molecular weight is 195 g/mol. The van der Waals surface area contributed by atoms with Gasteiger partial charge in [0.05, 0.1) is 6.04 Å². The zero-order valence-corrected chi connectivity index (χ0v) is 9.17. The Hall–Kier alpha value is -0.370. The maximum absolute atomic E-state index is 10.9. The summed E-state index contributed by atoms with van der Waals surface area (Å²) in [4.78, 5) is 13.3. The van der Waals surface area contributed by atoms with Crippen LogP contribution in [-0.4, -0.2) is 30.3 Å². The first-order valence-corrected chi connectivity index (χ1v) is 5.93. The van der Waals surface area contributed by atoms with E-state index in [1.54, 1.807) is 0 Å². The van der Waals surface area contributed by atoms with Crippen molar-refractivity contribution in [3.63, 3.8) is 0 Å². The highest BCUT2D eigenvalue weighted by molar-refractivity contribution is 5.57. The standard InChI is InChI=1S/C12H21NO/c1-12(6-4-7-12)10-13-8-3-2-5-11(13)9-14/h9,11H,2-8,10H2,1H3. The number of aldehydes is 1. The molecule has 2 heteroatoms. The molecule has 1 aliphatic heterocycles. The zero-order chi connectivity index (χ0) is 10.0. The van der Waals surface area contributed by atoms with Crippen molar-refractivity contribution in [1.29, 1.82) is 0 Å². The molecule has 0 N–H and O–H groups in total. The molecule has 0 aromatic heterocycles. The molecular weight excluding hydrogens is 174 g/mol. The molecule has 1 aliphatic carbocycles. The molecule has 1 saturated carbocycles. The molecule has 80 valence electrons. The third kappa shape index (κ3) is 2.00. The van der Waals surface area contributed by atoms with Crippen molar-refractivity contribution in [2.75, 3.05) is 13.1 Å². The number of hydrogen-bond acceptors (Lipinski definition) is 2. The SMILES string of the molecule is CC1(CN2CCCCC2C=O)CCC1. The molecule has 1 unspecified atom stereocenters. The van der Waals surface area contributed by atoms with Gasteiger partial charge in [-0.2, -0.15) is 0 Å². The third-order valence-corrected chi connectivity index (χ3v) is 3.97. The van der Waals surface area contributed by atoms with E-state index in [0.29, 0.717) is 5.41 Å². The Morgan fingerprint density at radius 3 is 2.71 bits per heavy atom. The summed E-state index contributed by atoms with van der Waals surface area (Å²) >= 11 is 0. The van der Waals surface area contributed by atoms with Gasteiger partial charge >= 0.3 is 0 Å². The van der Waals surface area contributed by atoms with Crippen molar-refractivity contribution in [3.05, 3.63) is 0 Å². The van der Waals surface area contributed by atoms with Crippen LogP contribution < -0.4 is 0 Å². The second kappa shape index (κ2) is 4.01. The van der Waals surface area contributed by atoms with Crippen LogP contribution in [0.3, 0.4) is 0 Å². The van der Waals surface area contributed by atoms with E-state index in [-0.39, 0.29) is 6.04 Å². The highest BCUT2D eigenvalue weighted by atomic mass is 16.1. The number of carbonyl (C=O) groups is 1. The van der Waals surface area contributed by atoms with Crippen LogP contribution in [0.4, 0.5) is 0 Å². The number of likely N-dealkylation sites (tertiary alicyclic amines) is 1. The summed E-state index contributed by atoms with van der Waals surface area (Å²) in [5, 5.41) is 0. The normalized spacial score (nSPS) is 32.2. The van der Waals surface area contributed by atoms with Crippen molar-refractivity contribution < 1.29 is 4.79 Å². The van der Waals surface area contributed by atoms with E-state index in [1.165, 1.54) is 32.1 Å². The third-order valence-electron chi connectivity index (χ3n) is 3.97. The lowest BCUT2D eigenvalue weighted by Crippen LogP contribution is -2.48. The lowest BCUT2D eigenvalue weighted by atomic mass is 9.70. The van der Waals surface area contributed by atoms with Crippen LogP contribution in [0.25, 0.3) is 0 Å². The van der Waals surface area contributed by atoms with Crippen LogP contribution in [0.5, 0.6) is 0 Å². The molecule has 2 aliphatic rings. The number of piperidine rings is 1. The van der Waals surface area contributed by atoms with Crippen LogP contribution in [0.2, 0.25) is 0 Å². The fraction of sp³-hybridized carbons (Fsp3) is 0.917. The summed E-state index contributed by atoms with van der Waals surface area (Å²) in [6, 6.07) is 0.223. The molecule has 0 aromatic carbocycles. The molecule has 2 fully saturated rings. The van der Waals surface area contributed by atoms with Crippen molar-refractivity contribution >= 4 is 6.29 Å². The van der Waals surface area contributed by atoms with Gasteiger partial charge in [-0.05, 0) is 37.6 Å². The fourth-order valence-corrected chi connectivity index (χ4v) is 2.80. The molecule has 2 nitrogen and oxygen atoms in total. The Bertz CT molecular complexity index is 210. The van der Waals surface area contributed by atoms with Gasteiger partial charge in [0, 0.05) is 6.54 Å². The van der Waals surface area contributed by atoms with E-state index < -0.39 is 0 Å². The number of hydrogen-bond donors (Lipinski definition) is 0. The monoisotopic (exact) mass is 195 g/mol. The predicted octanol–water partition coefficient (Wildman–Crippen LogP) is 2.23. The molecular formula is C12H21NO. The number of rotatable bonds is 3. The average Bonchev–Trinajstić information content (AvgIpc) is 2.16. The minimum Gasteiger partial charge on any atom is -0.302 e. The van der Waals surface area contributed by atoms with Crippen molar-refractivity contribution in [2.45, 2.75) is 51.5 Å². The molecule has 0 bridgehead atoms. The van der Waals surface area contributed by atoms with Crippen LogP contribution in [0, 0.1) is 5.41 Å². The van der Waals surface area contributed by atoms with E-state index in [1.807, 2.05) is 0 Å². The molecule has 14 heavy (non-hydrogen) atoms. The van der Waals surface area contributed by atoms with Crippen LogP contribution in [-0.2, 0) is 4.79 Å². The largest absolute Gasteiger partial charge is 0.302 e. The van der Waals surface area contributed by atoms with Gasteiger partial charge in [-0.15, -0.1) is 0 Å². The summed E-state index contributed by atoms with van der Waals surface area (Å²) in [6.07, 6.45) is 8.85. The molecule has 0 radical (unpaired) electrons. The van der Waals surface area contributed by atoms with E-state index in [4.69, 9.17) is 0 Å². The molecule has 1 heterocycles. The minimum absolute atomic E-state index is 0.223. The first-order chi connectivity index (χ1) is 6.73. The Kier molecular flexibility index (Phi) is 2.91. The van der Waals surface area contributed by atoms with Gasteiger partial charge in [-0.1, -0.05) is 19.8 Å². The topological polar surface area (TPSA) is 20.3 Å². The van der Waals surface area contributed by atoms with E-state index in [0.717, 1.165) is 25.8 Å². The molecule has 0 spiro atoms. The van der Waals surface area contributed by atoms with Gasteiger partial charge in [0.25, 0.3) is 0 Å². The highest BCUT2D eigenvalue weighted by Gasteiger charge is 2.35. The maximum atomic E-state index is 10.9. The first-order valence-electron chi connectivity index (χ1n) is 5.93. The van der Waals surface area contributed by atoms with Gasteiger partial charge in [-0.25, -0.2) is 0 Å². The van der Waals surface area contributed by atoms with E-state index in [9.17, 15) is 4.79 Å². The van der Waals surface area contributed by atoms with Gasteiger partial charge in [-0.3, -0.25) is 4.90 Å². The van der Waals surface area contributed by atoms with E-state index in [2.05, 4.69) is 11.8 Å². The fourth-order valence-electron chi connectivity index (χ4n) is 2.80. The second-order valence-electron chi connectivity index (χ2n) is 5.33. The van der Waals surface area contributed by atoms with Crippen LogP contribution in [0.15, 0.2) is 0 Å². The van der Waals surface area contributed by atoms with Crippen LogP contribution in [0.1, 0.15) is 45.4 Å². The summed E-state index contributed by atoms with van der Waals surface area (Å²) < 4.78 is 0. The van der Waals surface area contributed by atoms with Crippen molar-refractivity contribution in [2.24, 2.45) is 5.41 Å². The van der Waals surface area contributed by atoms with Gasteiger partial charge in [0.2, 0.25) is 0 Å². The molecule has 1 saturated heterocycles. The maximum Gasteiger partial charge on any atom is 0.137 e. The molecule has 1 atom stereocenters. The number of nitrogens with zero attached hydrogens (tertiary/aromatic N) is 1. The van der Waals surface area contributed by atoms with E-state index >= 15 is 0 Å². The van der Waals surface area contributed by atoms with Crippen molar-refractivity contribution in [1.82, 2.24) is 4.90 Å². The predicted molar refractivity (Wildman–Crippen MR) is 57.2 cm³/mol. The van der Waals surface area contributed by atoms with Crippen LogP contribution >= 0.6 is 0 Å². The van der Waals surface area contributed by atoms with Gasteiger partial charge in [0.1, 0.15) is 6.29 Å². The summed E-state index contributed by atoms with van der Waals surface area (Å²) in [6.45, 7) is 4.66. The minimum atomic E-state index is 0.223. The zero-order valence-electron chi connectivity index (χ0n) is 9.17. The highest BCUT2D eigenvalue weighted by Crippen LogP contribution is 2.41. The lowest BCUT2D eigenvalue weighted by Gasteiger charge is -2.45. The summed E-state index contributed by atoms with van der Waals surface area (Å²) in [5.74, 6) is 0. The molecule has 2 rings (SSSR count). The quantitative estimate of drug-likeness (QED) is 0.644. The number of carbonyl (C=O) groups excluding carboxylic acids is 1.